The number of piperazine rings is 1. The van der Waals surface area contributed by atoms with Crippen LogP contribution in [0.4, 0.5) is 5.82 Å². The highest BCUT2D eigenvalue weighted by molar-refractivity contribution is 5.87. The largest absolute Gasteiger partial charge is 0.626 e. The van der Waals surface area contributed by atoms with Gasteiger partial charge in [0, 0.05) is 32.4 Å². The second-order valence-corrected chi connectivity index (χ2v) is 10.0. The first kappa shape index (κ1) is 30.9. The highest BCUT2D eigenvalue weighted by atomic mass is 16.9. The van der Waals surface area contributed by atoms with Gasteiger partial charge in [-0.25, -0.2) is 9.78 Å². The minimum Gasteiger partial charge on any atom is -0.626 e. The van der Waals surface area contributed by atoms with Gasteiger partial charge in [-0.15, -0.1) is 10.1 Å². The molecule has 2 rings (SSSR count). The SMILES string of the molecule is O=C(c1ccc(N2CCNCC2)nc1)[NH+]([O-])CCCCCCCCCCCCCCCCCO[N+](=O)[O-]. The number of quaternary nitrogens is 1. The van der Waals surface area contributed by atoms with E-state index in [4.69, 9.17) is 0 Å². The molecule has 2 heterocycles. The Bertz CT molecular complexity index is 743. The number of carbonyl (C=O) groups excluding carboxylic acids is 1. The summed E-state index contributed by atoms with van der Waals surface area (Å²) in [6.45, 7) is 4.20. The van der Waals surface area contributed by atoms with E-state index in [2.05, 4.69) is 20.0 Å². The molecule has 1 fully saturated rings. The van der Waals surface area contributed by atoms with Crippen molar-refractivity contribution in [2.75, 3.05) is 44.2 Å². The van der Waals surface area contributed by atoms with E-state index in [9.17, 15) is 20.1 Å². The van der Waals surface area contributed by atoms with Crippen LogP contribution >= 0.6 is 0 Å². The molecule has 1 unspecified atom stereocenters. The first-order valence-corrected chi connectivity index (χ1v) is 14.3. The van der Waals surface area contributed by atoms with Gasteiger partial charge in [-0.05, 0) is 31.4 Å². The minimum absolute atomic E-state index is 0.218. The van der Waals surface area contributed by atoms with Crippen LogP contribution in [0, 0.1) is 15.3 Å². The van der Waals surface area contributed by atoms with Crippen LogP contribution in [0.15, 0.2) is 18.3 Å². The Morgan fingerprint density at radius 3 is 1.89 bits per heavy atom. The number of hydrogen-bond acceptors (Lipinski definition) is 8. The van der Waals surface area contributed by atoms with Gasteiger partial charge < -0.3 is 25.3 Å². The zero-order chi connectivity index (χ0) is 26.6. The fourth-order valence-corrected chi connectivity index (χ4v) is 4.70. The Morgan fingerprint density at radius 1 is 0.892 bits per heavy atom. The van der Waals surface area contributed by atoms with Crippen molar-refractivity contribution in [3.05, 3.63) is 39.2 Å². The zero-order valence-corrected chi connectivity index (χ0v) is 22.5. The van der Waals surface area contributed by atoms with E-state index < -0.39 is 11.0 Å². The summed E-state index contributed by atoms with van der Waals surface area (Å²) in [6, 6.07) is 3.57. The molecule has 0 aromatic carbocycles. The summed E-state index contributed by atoms with van der Waals surface area (Å²) < 4.78 is 0. The van der Waals surface area contributed by atoms with Gasteiger partial charge in [-0.1, -0.05) is 77.0 Å². The molecule has 2 N–H and O–H groups in total. The number of hydrogen-bond donors (Lipinski definition) is 2. The minimum atomic E-state index is -0.722. The van der Waals surface area contributed by atoms with Gasteiger partial charge in [0.2, 0.25) is 0 Å². The topological polar surface area (TPSA) is 125 Å². The van der Waals surface area contributed by atoms with Crippen LogP contribution in [0.1, 0.15) is 107 Å². The van der Waals surface area contributed by atoms with Crippen LogP contribution in [0.3, 0.4) is 0 Å². The summed E-state index contributed by atoms with van der Waals surface area (Å²) >= 11 is 0. The van der Waals surface area contributed by atoms with Crippen molar-refractivity contribution in [1.82, 2.24) is 10.3 Å². The Kier molecular flexibility index (Phi) is 16.5. The Balaban J connectivity index is 1.37. The van der Waals surface area contributed by atoms with Crippen molar-refractivity contribution >= 4 is 11.7 Å². The predicted octanol–water partition coefficient (Wildman–Crippen LogP) is 4.07. The average Bonchev–Trinajstić information content (AvgIpc) is 2.92. The van der Waals surface area contributed by atoms with Crippen molar-refractivity contribution < 1.29 is 19.8 Å². The summed E-state index contributed by atoms with van der Waals surface area (Å²) in [7, 11) is 0. The van der Waals surface area contributed by atoms with Crippen molar-refractivity contribution in [2.45, 2.75) is 96.3 Å². The number of nitrogens with zero attached hydrogens (tertiary/aromatic N) is 3. The second-order valence-electron chi connectivity index (χ2n) is 10.0. The van der Waals surface area contributed by atoms with Crippen molar-refractivity contribution in [1.29, 1.82) is 0 Å². The quantitative estimate of drug-likeness (QED) is 0.141. The van der Waals surface area contributed by atoms with Gasteiger partial charge in [0.05, 0.1) is 18.7 Å². The first-order chi connectivity index (χ1) is 18.1. The normalized spacial score (nSPS) is 14.5. The molecule has 210 valence electrons. The summed E-state index contributed by atoms with van der Waals surface area (Å²) in [6.07, 6.45) is 18.6. The third kappa shape index (κ3) is 14.3. The molecular weight excluding hydrogens is 474 g/mol. The van der Waals surface area contributed by atoms with Gasteiger partial charge in [0.25, 0.3) is 5.09 Å². The average molecular weight is 522 g/mol. The van der Waals surface area contributed by atoms with E-state index in [1.165, 1.54) is 57.8 Å². The van der Waals surface area contributed by atoms with E-state index in [0.29, 0.717) is 12.1 Å². The van der Waals surface area contributed by atoms with Gasteiger partial charge >= 0.3 is 5.91 Å². The Labute approximate surface area is 221 Å². The number of carbonyl (C=O) groups is 1. The number of nitrogens with one attached hydrogen (secondary N) is 2. The smallest absolute Gasteiger partial charge is 0.345 e. The number of anilines is 1. The maximum Gasteiger partial charge on any atom is 0.345 e. The van der Waals surface area contributed by atoms with Crippen molar-refractivity contribution in [3.8, 4) is 0 Å². The number of amides is 1. The number of rotatable bonds is 21. The standard InChI is InChI=1S/C27H47N5O5/c33-27(25-16-17-26(29-24-25)30-21-18-28-19-22-30)31(34)20-14-12-10-8-6-4-2-1-3-5-7-9-11-13-15-23-37-32(35)36/h16-17,24,28,31H,1-15,18-23H2. The molecule has 1 aliphatic rings. The summed E-state index contributed by atoms with van der Waals surface area (Å²) in [5, 5.41) is 24.6. The molecular formula is C27H47N5O5. The van der Waals surface area contributed by atoms with Gasteiger partial charge in [-0.3, -0.25) is 0 Å². The maximum atomic E-state index is 12.4. The monoisotopic (exact) mass is 521 g/mol. The Hall–Kier alpha value is -2.30. The molecule has 1 aliphatic heterocycles. The van der Waals surface area contributed by atoms with Crippen molar-refractivity contribution in [3.63, 3.8) is 0 Å². The number of aromatic nitrogens is 1. The van der Waals surface area contributed by atoms with E-state index in [1.54, 1.807) is 12.3 Å². The lowest BCUT2D eigenvalue weighted by Gasteiger charge is -2.28. The second kappa shape index (κ2) is 19.8. The molecule has 0 radical (unpaired) electrons. The molecule has 0 aliphatic carbocycles. The van der Waals surface area contributed by atoms with Crippen LogP contribution in [0.25, 0.3) is 0 Å². The predicted molar refractivity (Wildman–Crippen MR) is 145 cm³/mol. The fourth-order valence-electron chi connectivity index (χ4n) is 4.70. The molecule has 0 bridgehead atoms. The number of unbranched alkanes of at least 4 members (excludes halogenated alkanes) is 14. The third-order valence-corrected chi connectivity index (χ3v) is 6.95. The van der Waals surface area contributed by atoms with Crippen LogP contribution in [-0.2, 0) is 4.84 Å². The van der Waals surface area contributed by atoms with E-state index in [1.807, 2.05) is 6.07 Å². The van der Waals surface area contributed by atoms with E-state index in [-0.39, 0.29) is 11.7 Å². The molecule has 1 amide bonds. The molecule has 1 atom stereocenters. The number of hydroxylamine groups is 2. The van der Waals surface area contributed by atoms with Crippen LogP contribution < -0.4 is 15.3 Å². The molecule has 0 spiro atoms. The lowest BCUT2D eigenvalue weighted by atomic mass is 10.0. The highest BCUT2D eigenvalue weighted by Crippen LogP contribution is 2.14. The summed E-state index contributed by atoms with van der Waals surface area (Å²) in [4.78, 5) is 33.3. The van der Waals surface area contributed by atoms with Gasteiger partial charge in [0.1, 0.15) is 5.82 Å². The summed E-state index contributed by atoms with van der Waals surface area (Å²) in [5.74, 6) is 0.444. The molecule has 1 saturated heterocycles. The third-order valence-electron chi connectivity index (χ3n) is 6.95. The Morgan fingerprint density at radius 2 is 1.41 bits per heavy atom. The molecule has 10 nitrogen and oxygen atoms in total. The number of pyridine rings is 1. The summed E-state index contributed by atoms with van der Waals surface area (Å²) in [5.41, 5.74) is 0.393. The molecule has 0 saturated carbocycles. The lowest BCUT2D eigenvalue weighted by molar-refractivity contribution is -0.757. The van der Waals surface area contributed by atoms with Crippen molar-refractivity contribution in [2.24, 2.45) is 0 Å². The maximum absolute atomic E-state index is 12.4. The molecule has 37 heavy (non-hydrogen) atoms. The first-order valence-electron chi connectivity index (χ1n) is 14.3. The molecule has 1 aromatic heterocycles. The van der Waals surface area contributed by atoms with E-state index >= 15 is 0 Å². The fraction of sp³-hybridized carbons (Fsp3) is 0.778. The van der Waals surface area contributed by atoms with E-state index in [0.717, 1.165) is 70.5 Å². The van der Waals surface area contributed by atoms with Crippen LogP contribution in [0.2, 0.25) is 0 Å². The van der Waals surface area contributed by atoms with Crippen LogP contribution in [-0.4, -0.2) is 55.3 Å². The van der Waals surface area contributed by atoms with Gasteiger partial charge in [0.15, 0.2) is 0 Å². The van der Waals surface area contributed by atoms with Gasteiger partial charge in [-0.2, -0.15) is 0 Å². The molecule has 10 heteroatoms. The highest BCUT2D eigenvalue weighted by Gasteiger charge is 2.16. The zero-order valence-electron chi connectivity index (χ0n) is 22.5. The lowest BCUT2D eigenvalue weighted by Crippen LogP contribution is -3.10. The molecule has 1 aromatic rings. The van der Waals surface area contributed by atoms with Crippen LogP contribution in [0.5, 0.6) is 0 Å².